The fraction of sp³-hybridized carbons (Fsp3) is 0.533. The van der Waals surface area contributed by atoms with E-state index in [2.05, 4.69) is 6.92 Å². The number of hydrogen-bond donors (Lipinski definition) is 0. The molecule has 19 heavy (non-hydrogen) atoms. The predicted octanol–water partition coefficient (Wildman–Crippen LogP) is 3.21. The van der Waals surface area contributed by atoms with Crippen LogP contribution in [-0.4, -0.2) is 28.1 Å². The normalized spacial score (nSPS) is 12.1. The van der Waals surface area contributed by atoms with E-state index >= 15 is 0 Å². The van der Waals surface area contributed by atoms with Crippen molar-refractivity contribution in [2.75, 3.05) is 18.1 Å². The lowest BCUT2D eigenvalue weighted by Crippen LogP contribution is -2.14. The first kappa shape index (κ1) is 15.9. The lowest BCUT2D eigenvalue weighted by Gasteiger charge is -2.08. The lowest BCUT2D eigenvalue weighted by molar-refractivity contribution is 0.101. The van der Waals surface area contributed by atoms with E-state index in [1.54, 1.807) is 18.2 Å². The summed E-state index contributed by atoms with van der Waals surface area (Å²) in [6, 6.07) is 7.14. The van der Waals surface area contributed by atoms with Crippen molar-refractivity contribution in [3.8, 4) is 5.75 Å². The van der Waals surface area contributed by atoms with E-state index < -0.39 is 10.8 Å². The molecule has 1 rings (SSSR count). The Labute approximate surface area is 117 Å². The Bertz CT molecular complexity index is 429. The second-order valence-corrected chi connectivity index (χ2v) is 5.92. The Morgan fingerprint density at radius 3 is 2.63 bits per heavy atom. The number of Topliss-reactive ketones (excluding diaryl/α,β-unsaturated/α-hetero) is 1. The van der Waals surface area contributed by atoms with Crippen LogP contribution in [0, 0.1) is 0 Å². The van der Waals surface area contributed by atoms with Crippen LogP contribution in [-0.2, 0) is 10.8 Å². The van der Waals surface area contributed by atoms with Crippen LogP contribution in [0.25, 0.3) is 0 Å². The van der Waals surface area contributed by atoms with Gasteiger partial charge in [-0.2, -0.15) is 0 Å². The summed E-state index contributed by atoms with van der Waals surface area (Å²) >= 11 is 0. The molecule has 0 N–H and O–H groups in total. The van der Waals surface area contributed by atoms with Crippen molar-refractivity contribution < 1.29 is 13.7 Å². The van der Waals surface area contributed by atoms with Crippen molar-refractivity contribution in [1.29, 1.82) is 0 Å². The Hall–Kier alpha value is -1.16. The fourth-order valence-electron chi connectivity index (χ4n) is 1.79. The van der Waals surface area contributed by atoms with Crippen LogP contribution in [0.2, 0.25) is 0 Å². The minimum absolute atomic E-state index is 0.0911. The number of ketones is 1. The van der Waals surface area contributed by atoms with E-state index in [9.17, 15) is 9.00 Å². The minimum atomic E-state index is -1.07. The zero-order valence-corrected chi connectivity index (χ0v) is 12.5. The molecule has 0 amide bonds. The molecule has 106 valence electrons. The van der Waals surface area contributed by atoms with E-state index in [0.717, 1.165) is 19.3 Å². The van der Waals surface area contributed by atoms with Crippen LogP contribution in [0.1, 0.15) is 43.5 Å². The van der Waals surface area contributed by atoms with E-state index in [4.69, 9.17) is 4.74 Å². The summed E-state index contributed by atoms with van der Waals surface area (Å²) in [5, 5.41) is 0. The monoisotopic (exact) mass is 282 g/mol. The number of carbonyl (C=O) groups excluding carboxylic acids is 1. The molecular formula is C15H22O3S. The molecule has 0 saturated heterocycles. The summed E-state index contributed by atoms with van der Waals surface area (Å²) in [7, 11) is -1.07. The largest absolute Gasteiger partial charge is 0.493 e. The Kier molecular flexibility index (Phi) is 7.41. The molecule has 1 atom stereocenters. The van der Waals surface area contributed by atoms with Crippen LogP contribution < -0.4 is 4.74 Å². The second kappa shape index (κ2) is 8.86. The molecule has 0 saturated carbocycles. The standard InChI is InChI=1S/C15H22O3S/c1-3-5-8-11-19(17)12-14(16)13-9-6-7-10-15(13)18-4-2/h6-7,9-10H,3-5,8,11-12H2,1-2H3. The van der Waals surface area contributed by atoms with Gasteiger partial charge in [0.05, 0.1) is 17.9 Å². The number of para-hydroxylation sites is 1. The molecule has 3 nitrogen and oxygen atoms in total. The van der Waals surface area contributed by atoms with Gasteiger partial charge in [-0.25, -0.2) is 0 Å². The number of hydrogen-bond acceptors (Lipinski definition) is 3. The van der Waals surface area contributed by atoms with E-state index in [0.29, 0.717) is 23.7 Å². The lowest BCUT2D eigenvalue weighted by atomic mass is 10.1. The maximum atomic E-state index is 12.1. The van der Waals surface area contributed by atoms with Gasteiger partial charge in [-0.15, -0.1) is 0 Å². The molecule has 0 aromatic heterocycles. The first-order chi connectivity index (χ1) is 9.19. The molecule has 4 heteroatoms. The quantitative estimate of drug-likeness (QED) is 0.516. The van der Waals surface area contributed by atoms with Gasteiger partial charge in [-0.05, 0) is 25.5 Å². The molecule has 0 spiro atoms. The molecule has 0 fully saturated rings. The molecule has 1 aromatic rings. The maximum absolute atomic E-state index is 12.1. The highest BCUT2D eigenvalue weighted by molar-refractivity contribution is 7.85. The van der Waals surface area contributed by atoms with Gasteiger partial charge in [0.2, 0.25) is 0 Å². The fourth-order valence-corrected chi connectivity index (χ4v) is 2.91. The van der Waals surface area contributed by atoms with Crippen LogP contribution in [0.15, 0.2) is 24.3 Å². The predicted molar refractivity (Wildman–Crippen MR) is 79.3 cm³/mol. The van der Waals surface area contributed by atoms with Crippen LogP contribution in [0.3, 0.4) is 0 Å². The Morgan fingerprint density at radius 1 is 1.21 bits per heavy atom. The number of benzene rings is 1. The molecule has 0 aliphatic rings. The summed E-state index contributed by atoms with van der Waals surface area (Å²) in [6.07, 6.45) is 3.08. The molecule has 0 heterocycles. The maximum Gasteiger partial charge on any atom is 0.179 e. The van der Waals surface area contributed by atoms with Crippen molar-refractivity contribution >= 4 is 16.6 Å². The molecule has 1 aromatic carbocycles. The summed E-state index contributed by atoms with van der Waals surface area (Å²) in [5.74, 6) is 1.18. The van der Waals surface area contributed by atoms with Crippen LogP contribution in [0.5, 0.6) is 5.75 Å². The highest BCUT2D eigenvalue weighted by Crippen LogP contribution is 2.18. The zero-order valence-electron chi connectivity index (χ0n) is 11.7. The number of carbonyl (C=O) groups is 1. The van der Waals surface area contributed by atoms with Gasteiger partial charge in [-0.3, -0.25) is 9.00 Å². The summed E-state index contributed by atoms with van der Waals surface area (Å²) in [6.45, 7) is 4.50. The van der Waals surface area contributed by atoms with Crippen molar-refractivity contribution in [2.45, 2.75) is 33.1 Å². The molecular weight excluding hydrogens is 260 g/mol. The van der Waals surface area contributed by atoms with Crippen LogP contribution in [0.4, 0.5) is 0 Å². The third kappa shape index (κ3) is 5.55. The highest BCUT2D eigenvalue weighted by atomic mass is 32.2. The minimum Gasteiger partial charge on any atom is -0.493 e. The Morgan fingerprint density at radius 2 is 1.95 bits per heavy atom. The third-order valence-electron chi connectivity index (χ3n) is 2.75. The molecule has 0 bridgehead atoms. The first-order valence-corrected chi connectivity index (χ1v) is 8.27. The summed E-state index contributed by atoms with van der Waals surface area (Å²) < 4.78 is 17.2. The molecule has 1 unspecified atom stereocenters. The zero-order chi connectivity index (χ0) is 14.1. The average Bonchev–Trinajstić information content (AvgIpc) is 2.40. The third-order valence-corrected chi connectivity index (χ3v) is 4.08. The second-order valence-electron chi connectivity index (χ2n) is 4.35. The van der Waals surface area contributed by atoms with Gasteiger partial charge in [0.25, 0.3) is 0 Å². The van der Waals surface area contributed by atoms with Crippen LogP contribution >= 0.6 is 0 Å². The number of ether oxygens (including phenoxy) is 1. The van der Waals surface area contributed by atoms with E-state index in [1.807, 2.05) is 13.0 Å². The summed E-state index contributed by atoms with van der Waals surface area (Å²) in [4.78, 5) is 12.1. The number of rotatable bonds is 9. The van der Waals surface area contributed by atoms with Crippen molar-refractivity contribution in [2.24, 2.45) is 0 Å². The number of unbranched alkanes of at least 4 members (excludes halogenated alkanes) is 2. The van der Waals surface area contributed by atoms with Gasteiger partial charge in [0.15, 0.2) is 5.78 Å². The smallest absolute Gasteiger partial charge is 0.179 e. The van der Waals surface area contributed by atoms with Crippen molar-refractivity contribution in [3.05, 3.63) is 29.8 Å². The molecule has 0 aliphatic carbocycles. The van der Waals surface area contributed by atoms with Crippen molar-refractivity contribution in [3.63, 3.8) is 0 Å². The summed E-state index contributed by atoms with van der Waals surface area (Å²) in [5.41, 5.74) is 0.535. The van der Waals surface area contributed by atoms with Gasteiger partial charge in [0.1, 0.15) is 5.75 Å². The van der Waals surface area contributed by atoms with E-state index in [1.165, 1.54) is 0 Å². The van der Waals surface area contributed by atoms with Gasteiger partial charge in [-0.1, -0.05) is 31.9 Å². The topological polar surface area (TPSA) is 43.4 Å². The average molecular weight is 282 g/mol. The van der Waals surface area contributed by atoms with E-state index in [-0.39, 0.29) is 11.5 Å². The van der Waals surface area contributed by atoms with Gasteiger partial charge >= 0.3 is 0 Å². The molecule has 0 radical (unpaired) electrons. The SMILES string of the molecule is CCCCCS(=O)CC(=O)c1ccccc1OCC. The first-order valence-electron chi connectivity index (χ1n) is 6.79. The van der Waals surface area contributed by atoms with Gasteiger partial charge < -0.3 is 4.74 Å². The highest BCUT2D eigenvalue weighted by Gasteiger charge is 2.14. The Balaban J connectivity index is 2.60. The van der Waals surface area contributed by atoms with Crippen molar-refractivity contribution in [1.82, 2.24) is 0 Å². The molecule has 0 aliphatic heterocycles. The van der Waals surface area contributed by atoms with Gasteiger partial charge in [0, 0.05) is 16.6 Å².